The normalized spacial score (nSPS) is 19.9. The predicted molar refractivity (Wildman–Crippen MR) is 109 cm³/mol. The lowest BCUT2D eigenvalue weighted by Gasteiger charge is -2.40. The molecule has 1 atom stereocenters. The number of ether oxygens (including phenoxy) is 1. The van der Waals surface area contributed by atoms with Gasteiger partial charge in [-0.15, -0.1) is 0 Å². The highest BCUT2D eigenvalue weighted by atomic mass is 19.3. The van der Waals surface area contributed by atoms with Crippen molar-refractivity contribution in [2.24, 2.45) is 0 Å². The molecule has 2 aliphatic rings. The molecule has 0 bridgehead atoms. The van der Waals surface area contributed by atoms with Crippen molar-refractivity contribution >= 4 is 17.2 Å². The summed E-state index contributed by atoms with van der Waals surface area (Å²) in [5.41, 5.74) is 1.89. The highest BCUT2D eigenvalue weighted by Gasteiger charge is 2.48. The van der Waals surface area contributed by atoms with Crippen molar-refractivity contribution in [1.82, 2.24) is 39.3 Å². The van der Waals surface area contributed by atoms with Crippen LogP contribution in [0, 0.1) is 6.92 Å². The summed E-state index contributed by atoms with van der Waals surface area (Å²) in [5, 5.41) is 0. The maximum atomic E-state index is 13.1. The van der Waals surface area contributed by atoms with E-state index in [9.17, 15) is 13.6 Å². The van der Waals surface area contributed by atoms with Crippen LogP contribution in [-0.2, 0) is 6.54 Å². The molecule has 3 aromatic rings. The molecule has 0 spiro atoms. The van der Waals surface area contributed by atoms with Gasteiger partial charge in [0, 0.05) is 31.9 Å². The Balaban J connectivity index is 1.36. The minimum Gasteiger partial charge on any atom is -0.471 e. The highest BCUT2D eigenvalue weighted by molar-refractivity contribution is 5.81. The van der Waals surface area contributed by atoms with Crippen molar-refractivity contribution in [1.29, 1.82) is 0 Å². The average Bonchev–Trinajstić information content (AvgIpc) is 3.37. The number of hydrogen-bond acceptors (Lipinski definition) is 7. The van der Waals surface area contributed by atoms with Gasteiger partial charge in [0.15, 0.2) is 11.2 Å². The van der Waals surface area contributed by atoms with Crippen molar-refractivity contribution < 1.29 is 18.3 Å². The summed E-state index contributed by atoms with van der Waals surface area (Å²) < 4.78 is 34.2. The van der Waals surface area contributed by atoms with Crippen molar-refractivity contribution in [3.05, 3.63) is 24.5 Å². The van der Waals surface area contributed by atoms with Crippen LogP contribution in [0.15, 0.2) is 18.7 Å². The van der Waals surface area contributed by atoms with Crippen LogP contribution in [-0.4, -0.2) is 83.5 Å². The molecule has 5 rings (SSSR count). The van der Waals surface area contributed by atoms with Gasteiger partial charge in [-0.25, -0.2) is 33.5 Å². The van der Waals surface area contributed by atoms with Gasteiger partial charge >= 0.3 is 6.03 Å². The number of nitrogens with zero attached hydrogens (tertiary/aromatic N) is 8. The van der Waals surface area contributed by atoms with Crippen molar-refractivity contribution in [2.45, 2.75) is 38.8 Å². The summed E-state index contributed by atoms with van der Waals surface area (Å²) in [7, 11) is 0. The van der Waals surface area contributed by atoms with Gasteiger partial charge in [0.1, 0.15) is 24.1 Å². The Morgan fingerprint density at radius 2 is 1.94 bits per heavy atom. The first-order chi connectivity index (χ1) is 15.3. The predicted octanol–water partition coefficient (Wildman–Crippen LogP) is 2.14. The van der Waals surface area contributed by atoms with Crippen LogP contribution in [0.2, 0.25) is 0 Å². The number of carbonyl (C=O) groups excluding carboxylic acids is 1. The fraction of sp³-hybridized carbons (Fsp3) is 0.500. The number of likely N-dealkylation sites (tertiary alicyclic amines) is 2. The molecular weight excluding hydrogens is 422 g/mol. The topological polar surface area (TPSA) is 102 Å². The molecule has 2 fully saturated rings. The number of aromatic nitrogens is 6. The lowest BCUT2D eigenvalue weighted by atomic mass is 10.2. The van der Waals surface area contributed by atoms with Crippen LogP contribution in [0.4, 0.5) is 13.6 Å². The van der Waals surface area contributed by atoms with E-state index in [0.717, 1.165) is 10.5 Å². The van der Waals surface area contributed by atoms with Crippen molar-refractivity contribution in [3.63, 3.8) is 0 Å². The van der Waals surface area contributed by atoms with E-state index in [4.69, 9.17) is 9.72 Å². The Morgan fingerprint density at radius 1 is 1.19 bits per heavy atom. The number of aryl methyl sites for hydroxylation is 2. The molecule has 1 unspecified atom stereocenters. The maximum Gasteiger partial charge on any atom is 0.320 e. The molecule has 0 aliphatic carbocycles. The van der Waals surface area contributed by atoms with Crippen molar-refractivity contribution in [2.75, 3.05) is 26.2 Å². The Hall–Kier alpha value is -3.44. The van der Waals surface area contributed by atoms with Gasteiger partial charge in [0.25, 0.3) is 5.92 Å². The zero-order chi connectivity index (χ0) is 22.5. The fourth-order valence-electron chi connectivity index (χ4n) is 4.03. The van der Waals surface area contributed by atoms with Crippen LogP contribution < -0.4 is 4.74 Å². The number of urea groups is 1. The molecular formula is C20H22F2N8O2. The van der Waals surface area contributed by atoms with E-state index < -0.39 is 19.0 Å². The summed E-state index contributed by atoms with van der Waals surface area (Å²) in [6, 6.07) is -0.383. The van der Waals surface area contributed by atoms with Gasteiger partial charge < -0.3 is 19.1 Å². The standard InChI is InChI=1S/C20H22F2N8O2/c1-3-30-16(13-6-23-12(2)24-7-13)27-15-17(30)25-11-26-18(15)32-14-4-5-28(8-14)19(31)29-9-20(21,22)10-29/h6-7,11,14H,3-5,8-10H2,1-2H3. The van der Waals surface area contributed by atoms with Gasteiger partial charge in [-0.2, -0.15) is 4.98 Å². The molecule has 10 nitrogen and oxygen atoms in total. The number of fused-ring (bicyclic) bond motifs is 1. The number of carbonyl (C=O) groups is 1. The molecule has 0 aromatic carbocycles. The molecule has 0 N–H and O–H groups in total. The van der Waals surface area contributed by atoms with E-state index in [-0.39, 0.29) is 12.1 Å². The minimum atomic E-state index is -2.78. The Kier molecular flexibility index (Phi) is 4.86. The molecule has 5 heterocycles. The largest absolute Gasteiger partial charge is 0.471 e. The van der Waals surface area contributed by atoms with Crippen LogP contribution in [0.25, 0.3) is 22.6 Å². The summed E-state index contributed by atoms with van der Waals surface area (Å²) in [5.74, 6) is -1.13. The smallest absolute Gasteiger partial charge is 0.320 e. The summed E-state index contributed by atoms with van der Waals surface area (Å²) in [6.07, 6.45) is 5.11. The van der Waals surface area contributed by atoms with Gasteiger partial charge in [-0.05, 0) is 13.8 Å². The zero-order valence-corrected chi connectivity index (χ0v) is 17.7. The molecule has 0 saturated carbocycles. The first-order valence-corrected chi connectivity index (χ1v) is 10.4. The van der Waals surface area contributed by atoms with Crippen LogP contribution >= 0.6 is 0 Å². The minimum absolute atomic E-state index is 0.305. The Labute approximate surface area is 182 Å². The Morgan fingerprint density at radius 3 is 2.62 bits per heavy atom. The number of alkyl halides is 2. The zero-order valence-electron chi connectivity index (χ0n) is 17.7. The van der Waals surface area contributed by atoms with Crippen molar-refractivity contribution in [3.8, 4) is 17.3 Å². The molecule has 0 radical (unpaired) electrons. The van der Waals surface area contributed by atoms with Gasteiger partial charge in [0.05, 0.1) is 25.2 Å². The second kappa shape index (κ2) is 7.61. The van der Waals surface area contributed by atoms with E-state index in [0.29, 0.717) is 54.7 Å². The Bertz CT molecular complexity index is 1160. The average molecular weight is 444 g/mol. The molecule has 12 heteroatoms. The third-order valence-corrected chi connectivity index (χ3v) is 5.66. The lowest BCUT2D eigenvalue weighted by molar-refractivity contribution is -0.113. The first-order valence-electron chi connectivity index (χ1n) is 10.4. The summed E-state index contributed by atoms with van der Waals surface area (Å²) in [6.45, 7) is 4.12. The van der Waals surface area contributed by atoms with E-state index >= 15 is 0 Å². The van der Waals surface area contributed by atoms with Crippen LogP contribution in [0.3, 0.4) is 0 Å². The van der Waals surface area contributed by atoms with Gasteiger partial charge in [-0.3, -0.25) is 0 Å². The van der Waals surface area contributed by atoms with Gasteiger partial charge in [0.2, 0.25) is 5.88 Å². The lowest BCUT2D eigenvalue weighted by Crippen LogP contribution is -2.61. The number of hydrogen-bond donors (Lipinski definition) is 0. The molecule has 3 aromatic heterocycles. The highest BCUT2D eigenvalue weighted by Crippen LogP contribution is 2.31. The third-order valence-electron chi connectivity index (χ3n) is 5.66. The fourth-order valence-corrected chi connectivity index (χ4v) is 4.03. The number of amides is 2. The molecule has 2 saturated heterocycles. The SMILES string of the molecule is CCn1c(-c2cnc(C)nc2)nc2c(OC3CCN(C(=O)N4CC(F)(F)C4)C3)ncnc21. The molecule has 168 valence electrons. The van der Waals surface area contributed by atoms with Crippen LogP contribution in [0.5, 0.6) is 5.88 Å². The first kappa shape index (κ1) is 20.5. The quantitative estimate of drug-likeness (QED) is 0.607. The molecule has 2 amide bonds. The van der Waals surface area contributed by atoms with E-state index in [2.05, 4.69) is 19.9 Å². The number of rotatable bonds is 4. The second-order valence-electron chi connectivity index (χ2n) is 8.02. The van der Waals surface area contributed by atoms with Crippen LogP contribution in [0.1, 0.15) is 19.2 Å². The van der Waals surface area contributed by atoms with E-state index in [1.54, 1.807) is 12.4 Å². The molecule has 2 aliphatic heterocycles. The summed E-state index contributed by atoms with van der Waals surface area (Å²) in [4.78, 5) is 36.9. The van der Waals surface area contributed by atoms with Gasteiger partial charge in [-0.1, -0.05) is 0 Å². The summed E-state index contributed by atoms with van der Waals surface area (Å²) >= 11 is 0. The van der Waals surface area contributed by atoms with E-state index in [1.807, 2.05) is 18.4 Å². The monoisotopic (exact) mass is 444 g/mol. The number of imidazole rings is 1. The maximum absolute atomic E-state index is 13.1. The second-order valence-corrected chi connectivity index (χ2v) is 8.02. The third kappa shape index (κ3) is 3.59. The molecule has 32 heavy (non-hydrogen) atoms. The van der Waals surface area contributed by atoms with E-state index in [1.165, 1.54) is 11.2 Å². The number of halogens is 2.